The van der Waals surface area contributed by atoms with E-state index < -0.39 is 6.09 Å². The van der Waals surface area contributed by atoms with Crippen molar-refractivity contribution in [2.75, 3.05) is 10.6 Å². The van der Waals surface area contributed by atoms with Crippen molar-refractivity contribution in [2.24, 2.45) is 0 Å². The van der Waals surface area contributed by atoms with Crippen LogP contribution >= 0.6 is 11.6 Å². The number of rotatable bonds is 7. The second kappa shape index (κ2) is 10.2. The third-order valence-electron chi connectivity index (χ3n) is 6.22. The molecule has 1 aromatic carbocycles. The highest BCUT2D eigenvalue weighted by Gasteiger charge is 2.23. The number of hydrogen-bond donors (Lipinski definition) is 4. The van der Waals surface area contributed by atoms with Crippen LogP contribution in [0.4, 0.5) is 16.4 Å². The van der Waals surface area contributed by atoms with E-state index in [1.54, 1.807) is 12.4 Å². The van der Waals surface area contributed by atoms with Crippen LogP contribution in [0.25, 0.3) is 17.0 Å². The molecule has 35 heavy (non-hydrogen) atoms. The predicted octanol–water partition coefficient (Wildman–Crippen LogP) is 5.05. The van der Waals surface area contributed by atoms with Crippen LogP contribution in [-0.4, -0.2) is 42.6 Å². The highest BCUT2D eigenvalue weighted by molar-refractivity contribution is 6.30. The molecule has 4 aromatic rings. The van der Waals surface area contributed by atoms with E-state index in [1.165, 1.54) is 0 Å². The number of pyridine rings is 1. The van der Waals surface area contributed by atoms with E-state index in [4.69, 9.17) is 21.7 Å². The van der Waals surface area contributed by atoms with Crippen molar-refractivity contribution in [1.29, 1.82) is 0 Å². The minimum atomic E-state index is -0.962. The molecule has 0 aliphatic heterocycles. The van der Waals surface area contributed by atoms with E-state index in [2.05, 4.69) is 25.9 Å². The fourth-order valence-corrected chi connectivity index (χ4v) is 4.56. The van der Waals surface area contributed by atoms with Crippen LogP contribution in [0.5, 0.6) is 0 Å². The highest BCUT2D eigenvalue weighted by Crippen LogP contribution is 2.26. The Kier molecular flexibility index (Phi) is 6.67. The Labute approximate surface area is 207 Å². The molecule has 1 fully saturated rings. The Bertz CT molecular complexity index is 1320. The number of carboxylic acid groups (broad SMARTS) is 1. The lowest BCUT2D eigenvalue weighted by atomic mass is 9.91. The zero-order valence-corrected chi connectivity index (χ0v) is 19.7. The average Bonchev–Trinajstić information content (AvgIpc) is 3.30. The smallest absolute Gasteiger partial charge is 0.404 e. The number of halogens is 1. The average molecular weight is 492 g/mol. The molecule has 1 amide bonds. The van der Waals surface area contributed by atoms with Gasteiger partial charge < -0.3 is 21.1 Å². The molecule has 3 aromatic heterocycles. The Hall–Kier alpha value is -3.85. The maximum absolute atomic E-state index is 10.9. The van der Waals surface area contributed by atoms with Gasteiger partial charge in [-0.3, -0.25) is 4.40 Å². The topological polar surface area (TPSA) is 116 Å². The number of nitrogens with one attached hydrogen (secondary N) is 3. The minimum absolute atomic E-state index is 0.0129. The van der Waals surface area contributed by atoms with E-state index in [-0.39, 0.29) is 12.1 Å². The summed E-state index contributed by atoms with van der Waals surface area (Å²) in [4.78, 5) is 24.8. The molecule has 0 atom stereocenters. The van der Waals surface area contributed by atoms with Crippen LogP contribution in [0, 0.1) is 0 Å². The van der Waals surface area contributed by atoms with Crippen LogP contribution in [0.1, 0.15) is 31.2 Å². The first kappa shape index (κ1) is 22.9. The maximum Gasteiger partial charge on any atom is 0.404 e. The predicted molar refractivity (Wildman–Crippen MR) is 136 cm³/mol. The summed E-state index contributed by atoms with van der Waals surface area (Å²) < 4.78 is 1.98. The minimum Gasteiger partial charge on any atom is -0.465 e. The van der Waals surface area contributed by atoms with Gasteiger partial charge in [-0.1, -0.05) is 29.8 Å². The first-order valence-corrected chi connectivity index (χ1v) is 12.0. The van der Waals surface area contributed by atoms with Crippen molar-refractivity contribution in [1.82, 2.24) is 24.7 Å². The number of nitrogens with zero attached hydrogens (tertiary/aromatic N) is 4. The van der Waals surface area contributed by atoms with Gasteiger partial charge in [0, 0.05) is 36.0 Å². The first-order valence-electron chi connectivity index (χ1n) is 11.6. The number of fused-ring (bicyclic) bond motifs is 1. The van der Waals surface area contributed by atoms with Crippen molar-refractivity contribution in [3.8, 4) is 11.4 Å². The normalized spacial score (nSPS) is 17.7. The largest absolute Gasteiger partial charge is 0.465 e. The monoisotopic (exact) mass is 491 g/mol. The molecular formula is C25H26ClN7O2. The number of aromatic nitrogens is 4. The number of imidazole rings is 1. The molecule has 0 bridgehead atoms. The Morgan fingerprint density at radius 2 is 1.83 bits per heavy atom. The number of amides is 1. The summed E-state index contributed by atoms with van der Waals surface area (Å²) >= 11 is 5.97. The fourth-order valence-electron chi connectivity index (χ4n) is 4.43. The fraction of sp³-hybridized carbons (Fsp3) is 0.280. The molecule has 1 saturated carbocycles. The van der Waals surface area contributed by atoms with Gasteiger partial charge in [0.15, 0.2) is 11.5 Å². The maximum atomic E-state index is 10.9. The molecule has 180 valence electrons. The lowest BCUT2D eigenvalue weighted by Gasteiger charge is -2.29. The molecule has 3 heterocycles. The lowest BCUT2D eigenvalue weighted by Crippen LogP contribution is -2.39. The molecule has 9 nitrogen and oxygen atoms in total. The molecule has 0 radical (unpaired) electrons. The highest BCUT2D eigenvalue weighted by atomic mass is 35.5. The van der Waals surface area contributed by atoms with E-state index in [0.717, 1.165) is 54.1 Å². The number of carbonyl (C=O) groups is 1. The Balaban J connectivity index is 1.29. The molecule has 0 unspecified atom stereocenters. The van der Waals surface area contributed by atoms with Crippen LogP contribution in [0.3, 0.4) is 0 Å². The number of anilines is 2. The second-order valence-corrected chi connectivity index (χ2v) is 9.08. The van der Waals surface area contributed by atoms with Crippen LogP contribution < -0.4 is 16.0 Å². The van der Waals surface area contributed by atoms with Gasteiger partial charge >= 0.3 is 6.09 Å². The molecule has 5 rings (SSSR count). The Morgan fingerprint density at radius 1 is 1.06 bits per heavy atom. The molecule has 1 aliphatic carbocycles. The summed E-state index contributed by atoms with van der Waals surface area (Å²) in [6, 6.07) is 13.8. The van der Waals surface area contributed by atoms with Crippen LogP contribution in [-0.2, 0) is 6.54 Å². The van der Waals surface area contributed by atoms with Crippen molar-refractivity contribution in [2.45, 2.75) is 44.3 Å². The van der Waals surface area contributed by atoms with Gasteiger partial charge in [0.1, 0.15) is 5.82 Å². The summed E-state index contributed by atoms with van der Waals surface area (Å²) in [5, 5.41) is 19.1. The third-order valence-corrected chi connectivity index (χ3v) is 6.47. The van der Waals surface area contributed by atoms with Crippen LogP contribution in [0.15, 0.2) is 61.1 Å². The van der Waals surface area contributed by atoms with E-state index in [1.807, 2.05) is 53.1 Å². The van der Waals surface area contributed by atoms with Crippen molar-refractivity contribution < 1.29 is 9.90 Å². The van der Waals surface area contributed by atoms with Crippen molar-refractivity contribution in [3.05, 3.63) is 71.6 Å². The molecule has 4 N–H and O–H groups in total. The summed E-state index contributed by atoms with van der Waals surface area (Å²) in [5.41, 5.74) is 3.52. The van der Waals surface area contributed by atoms with E-state index >= 15 is 0 Å². The summed E-state index contributed by atoms with van der Waals surface area (Å²) in [6.45, 7) is 0.642. The molecule has 10 heteroatoms. The quantitative estimate of drug-likeness (QED) is 0.286. The summed E-state index contributed by atoms with van der Waals surface area (Å²) in [6.07, 6.45) is 7.80. The Morgan fingerprint density at radius 3 is 2.60 bits per heavy atom. The zero-order chi connectivity index (χ0) is 24.2. The first-order chi connectivity index (χ1) is 17.0. The summed E-state index contributed by atoms with van der Waals surface area (Å²) in [7, 11) is 0. The van der Waals surface area contributed by atoms with Gasteiger partial charge in [-0.2, -0.15) is 0 Å². The third kappa shape index (κ3) is 5.46. The lowest BCUT2D eigenvalue weighted by molar-refractivity contribution is 0.185. The van der Waals surface area contributed by atoms with Gasteiger partial charge in [0.2, 0.25) is 0 Å². The standard InChI is InChI=1S/C25H26ClN7O2/c26-17-6-4-16(5-7-17)14-28-22-3-1-2-20(32-22)21-15-29-24-23(27-12-13-33(21)24)30-18-8-10-19(11-9-18)31-25(34)35/h1-7,12-13,15,18-19,31H,8-11,14H2,(H,27,30)(H,28,32)(H,34,35). The second-order valence-electron chi connectivity index (χ2n) is 8.64. The molecule has 0 spiro atoms. The van der Waals surface area contributed by atoms with Gasteiger partial charge in [-0.05, 0) is 55.5 Å². The van der Waals surface area contributed by atoms with E-state index in [0.29, 0.717) is 17.4 Å². The van der Waals surface area contributed by atoms with E-state index in [9.17, 15) is 4.79 Å². The zero-order valence-electron chi connectivity index (χ0n) is 19.0. The molecule has 1 aliphatic rings. The number of hydrogen-bond acceptors (Lipinski definition) is 6. The SMILES string of the molecule is O=C(O)NC1CCC(Nc2nccn3c(-c4cccc(NCc5ccc(Cl)cc5)n4)cnc23)CC1. The molecule has 0 saturated heterocycles. The van der Waals surface area contributed by atoms with Crippen molar-refractivity contribution >= 4 is 35.0 Å². The van der Waals surface area contributed by atoms with Crippen LogP contribution in [0.2, 0.25) is 5.02 Å². The van der Waals surface area contributed by atoms with Gasteiger partial charge in [0.05, 0.1) is 17.6 Å². The molecular weight excluding hydrogens is 466 g/mol. The van der Waals surface area contributed by atoms with Gasteiger partial charge in [-0.15, -0.1) is 0 Å². The van der Waals surface area contributed by atoms with Crippen molar-refractivity contribution in [3.63, 3.8) is 0 Å². The number of benzene rings is 1. The van der Waals surface area contributed by atoms with Gasteiger partial charge in [0.25, 0.3) is 0 Å². The summed E-state index contributed by atoms with van der Waals surface area (Å²) in [5.74, 6) is 1.48. The van der Waals surface area contributed by atoms with Gasteiger partial charge in [-0.25, -0.2) is 19.7 Å².